The highest BCUT2D eigenvalue weighted by Crippen LogP contribution is 2.28. The molecule has 0 bridgehead atoms. The van der Waals surface area contributed by atoms with Gasteiger partial charge in [-0.3, -0.25) is 10.1 Å². The van der Waals surface area contributed by atoms with Gasteiger partial charge in [-0.05, 0) is 30.9 Å². The molecule has 0 radical (unpaired) electrons. The van der Waals surface area contributed by atoms with Crippen molar-refractivity contribution in [2.24, 2.45) is 11.7 Å². The summed E-state index contributed by atoms with van der Waals surface area (Å²) in [5.41, 5.74) is 5.55. The summed E-state index contributed by atoms with van der Waals surface area (Å²) >= 11 is 0. The van der Waals surface area contributed by atoms with E-state index in [4.69, 9.17) is 5.73 Å². The highest BCUT2D eigenvalue weighted by atomic mass is 32.2. The molecule has 0 spiro atoms. The van der Waals surface area contributed by atoms with Crippen LogP contribution in [-0.4, -0.2) is 25.9 Å². The van der Waals surface area contributed by atoms with Gasteiger partial charge in [-0.25, -0.2) is 13.1 Å². The normalized spacial score (nSPS) is 17.8. The lowest BCUT2D eigenvalue weighted by atomic mass is 9.99. The third-order valence-corrected chi connectivity index (χ3v) is 5.39. The predicted octanol–water partition coefficient (Wildman–Crippen LogP) is 1.39. The van der Waals surface area contributed by atoms with Crippen LogP contribution in [0.5, 0.6) is 0 Å². The molecule has 1 aliphatic rings. The van der Waals surface area contributed by atoms with Crippen LogP contribution in [0.1, 0.15) is 25.7 Å². The lowest BCUT2D eigenvalue weighted by Crippen LogP contribution is -2.44. The minimum atomic E-state index is -3.70. The van der Waals surface area contributed by atoms with E-state index in [2.05, 4.69) is 4.72 Å². The molecule has 2 rings (SSSR count). The fourth-order valence-electron chi connectivity index (χ4n) is 2.71. The fourth-order valence-corrected chi connectivity index (χ4v) is 4.03. The van der Waals surface area contributed by atoms with E-state index in [1.54, 1.807) is 0 Å². The van der Waals surface area contributed by atoms with E-state index < -0.39 is 14.9 Å². The van der Waals surface area contributed by atoms with Crippen LogP contribution in [0.3, 0.4) is 0 Å². The summed E-state index contributed by atoms with van der Waals surface area (Å²) in [7, 11) is -3.70. The summed E-state index contributed by atoms with van der Waals surface area (Å²) in [6.07, 6.45) is 4.15. The summed E-state index contributed by atoms with van der Waals surface area (Å²) in [6, 6.07) is 4.56. The molecule has 0 unspecified atom stereocenters. The smallest absolute Gasteiger partial charge is 0.269 e. The molecular formula is C13H19N3O4S. The molecular weight excluding hydrogens is 294 g/mol. The number of hydrogen-bond acceptors (Lipinski definition) is 5. The van der Waals surface area contributed by atoms with Gasteiger partial charge in [-0.2, -0.15) is 0 Å². The highest BCUT2D eigenvalue weighted by molar-refractivity contribution is 7.89. The Morgan fingerprint density at radius 2 is 1.86 bits per heavy atom. The molecule has 1 atom stereocenters. The number of nitro groups is 1. The number of nitrogens with one attached hydrogen (secondary N) is 1. The highest BCUT2D eigenvalue weighted by Gasteiger charge is 2.28. The second kappa shape index (κ2) is 6.50. The summed E-state index contributed by atoms with van der Waals surface area (Å²) in [4.78, 5) is 10.0. The summed E-state index contributed by atoms with van der Waals surface area (Å²) < 4.78 is 27.2. The summed E-state index contributed by atoms with van der Waals surface area (Å²) in [5.74, 6) is 0.267. The van der Waals surface area contributed by atoms with Crippen LogP contribution in [0.4, 0.5) is 5.69 Å². The number of hydrogen-bond donors (Lipinski definition) is 2. The van der Waals surface area contributed by atoms with E-state index in [1.165, 1.54) is 24.3 Å². The van der Waals surface area contributed by atoms with Gasteiger partial charge in [-0.1, -0.05) is 12.8 Å². The zero-order chi connectivity index (χ0) is 15.5. The van der Waals surface area contributed by atoms with Crippen molar-refractivity contribution in [2.45, 2.75) is 36.6 Å². The molecule has 3 N–H and O–H groups in total. The van der Waals surface area contributed by atoms with E-state index in [0.717, 1.165) is 25.7 Å². The van der Waals surface area contributed by atoms with Crippen LogP contribution in [-0.2, 0) is 10.0 Å². The molecule has 0 heterocycles. The summed E-state index contributed by atoms with van der Waals surface area (Å²) in [6.45, 7) is 0.247. The quantitative estimate of drug-likeness (QED) is 0.608. The van der Waals surface area contributed by atoms with Gasteiger partial charge in [-0.15, -0.1) is 0 Å². The molecule has 116 valence electrons. The Morgan fingerprint density at radius 1 is 1.29 bits per heavy atom. The number of non-ortho nitro benzene ring substituents is 1. The Morgan fingerprint density at radius 3 is 2.33 bits per heavy atom. The van der Waals surface area contributed by atoms with Crippen molar-refractivity contribution < 1.29 is 13.3 Å². The third kappa shape index (κ3) is 3.78. The minimum absolute atomic E-state index is 0.0181. The number of sulfonamides is 1. The van der Waals surface area contributed by atoms with Gasteiger partial charge in [0.2, 0.25) is 10.0 Å². The van der Waals surface area contributed by atoms with Gasteiger partial charge in [0.1, 0.15) is 0 Å². The Balaban J connectivity index is 2.14. The topological polar surface area (TPSA) is 115 Å². The minimum Gasteiger partial charge on any atom is -0.329 e. The maximum atomic E-state index is 12.3. The van der Waals surface area contributed by atoms with E-state index in [-0.39, 0.29) is 29.1 Å². The van der Waals surface area contributed by atoms with Gasteiger partial charge < -0.3 is 5.73 Å². The molecule has 7 nitrogen and oxygen atoms in total. The summed E-state index contributed by atoms with van der Waals surface area (Å²) in [5, 5.41) is 10.6. The number of nitrogens with two attached hydrogens (primary N) is 1. The van der Waals surface area contributed by atoms with Gasteiger partial charge in [0.05, 0.1) is 9.82 Å². The van der Waals surface area contributed by atoms with Crippen molar-refractivity contribution in [3.63, 3.8) is 0 Å². The largest absolute Gasteiger partial charge is 0.329 e. The maximum Gasteiger partial charge on any atom is 0.269 e. The first-order chi connectivity index (χ1) is 9.94. The number of nitro benzene ring substituents is 1. The first kappa shape index (κ1) is 15.9. The van der Waals surface area contributed by atoms with Crippen molar-refractivity contribution in [3.8, 4) is 0 Å². The van der Waals surface area contributed by atoms with Crippen LogP contribution in [0.25, 0.3) is 0 Å². The second-order valence-electron chi connectivity index (χ2n) is 5.26. The number of benzene rings is 1. The van der Waals surface area contributed by atoms with Crippen LogP contribution in [0, 0.1) is 16.0 Å². The van der Waals surface area contributed by atoms with Gasteiger partial charge in [0.25, 0.3) is 5.69 Å². The van der Waals surface area contributed by atoms with Crippen molar-refractivity contribution >= 4 is 15.7 Å². The monoisotopic (exact) mass is 313 g/mol. The SMILES string of the molecule is NC[C@H](NS(=O)(=O)c1ccc([N+](=O)[O-])cc1)C1CCCC1. The molecule has 1 saturated carbocycles. The van der Waals surface area contributed by atoms with E-state index >= 15 is 0 Å². The maximum absolute atomic E-state index is 12.3. The average Bonchev–Trinajstić information content (AvgIpc) is 2.99. The fraction of sp³-hybridized carbons (Fsp3) is 0.538. The molecule has 0 aliphatic heterocycles. The van der Waals surface area contributed by atoms with Crippen molar-refractivity contribution in [1.82, 2.24) is 4.72 Å². The van der Waals surface area contributed by atoms with Crippen LogP contribution in [0.15, 0.2) is 29.2 Å². The van der Waals surface area contributed by atoms with Crippen molar-refractivity contribution in [1.29, 1.82) is 0 Å². The van der Waals surface area contributed by atoms with Gasteiger partial charge >= 0.3 is 0 Å². The molecule has 1 fully saturated rings. The standard InChI is InChI=1S/C13H19N3O4S/c14-9-13(10-3-1-2-4-10)15-21(19,20)12-7-5-11(6-8-12)16(17)18/h5-8,10,13,15H,1-4,9,14H2/t13-/m0/s1. The molecule has 8 heteroatoms. The molecule has 0 aromatic heterocycles. The number of nitrogens with zero attached hydrogens (tertiary/aromatic N) is 1. The van der Waals surface area contributed by atoms with Crippen molar-refractivity contribution in [3.05, 3.63) is 34.4 Å². The lowest BCUT2D eigenvalue weighted by Gasteiger charge is -2.22. The molecule has 1 aromatic rings. The van der Waals surface area contributed by atoms with E-state index in [1.807, 2.05) is 0 Å². The van der Waals surface area contributed by atoms with Gasteiger partial charge in [0, 0.05) is 24.7 Å². The molecule has 21 heavy (non-hydrogen) atoms. The zero-order valence-corrected chi connectivity index (χ0v) is 12.4. The van der Waals surface area contributed by atoms with Crippen molar-refractivity contribution in [2.75, 3.05) is 6.54 Å². The molecule has 0 saturated heterocycles. The molecule has 0 amide bonds. The van der Waals surface area contributed by atoms with Crippen LogP contribution >= 0.6 is 0 Å². The van der Waals surface area contributed by atoms with Crippen LogP contribution < -0.4 is 10.5 Å². The first-order valence-electron chi connectivity index (χ1n) is 6.91. The lowest BCUT2D eigenvalue weighted by molar-refractivity contribution is -0.384. The predicted molar refractivity (Wildman–Crippen MR) is 78.2 cm³/mol. The van der Waals surface area contributed by atoms with Gasteiger partial charge in [0.15, 0.2) is 0 Å². The van der Waals surface area contributed by atoms with Crippen LogP contribution in [0.2, 0.25) is 0 Å². The first-order valence-corrected chi connectivity index (χ1v) is 8.39. The number of rotatable bonds is 6. The average molecular weight is 313 g/mol. The van der Waals surface area contributed by atoms with E-state index in [9.17, 15) is 18.5 Å². The Labute approximate surface area is 123 Å². The van der Waals surface area contributed by atoms with E-state index in [0.29, 0.717) is 0 Å². The molecule has 1 aromatic carbocycles. The Kier molecular flexibility index (Phi) is 4.92. The molecule has 1 aliphatic carbocycles. The Bertz CT molecular complexity index is 594. The second-order valence-corrected chi connectivity index (χ2v) is 6.97. The zero-order valence-electron chi connectivity index (χ0n) is 11.6. The third-order valence-electron chi connectivity index (χ3n) is 3.89. The Hall–Kier alpha value is -1.51.